The highest BCUT2D eigenvalue weighted by Gasteiger charge is 2.20. The van der Waals surface area contributed by atoms with Gasteiger partial charge in [-0.25, -0.2) is 0 Å². The Balaban J connectivity index is 1.90. The van der Waals surface area contributed by atoms with Gasteiger partial charge in [-0.1, -0.05) is 92.9 Å². The second-order valence-electron chi connectivity index (χ2n) is 10.0. The maximum Gasteiger partial charge on any atom is 0.252 e. The zero-order chi connectivity index (χ0) is 24.7. The van der Waals surface area contributed by atoms with Gasteiger partial charge in [0.25, 0.3) is 5.91 Å². The van der Waals surface area contributed by atoms with Crippen LogP contribution in [0.4, 0.5) is 5.69 Å². The molecule has 3 rings (SSSR count). The van der Waals surface area contributed by atoms with Crippen molar-refractivity contribution < 1.29 is 4.79 Å². The van der Waals surface area contributed by atoms with E-state index in [-0.39, 0.29) is 11.9 Å². The maximum atomic E-state index is 13.7. The summed E-state index contributed by atoms with van der Waals surface area (Å²) in [4.78, 5) is 15.9. The lowest BCUT2D eigenvalue weighted by molar-refractivity contribution is 0.0931. The van der Waals surface area contributed by atoms with Gasteiger partial charge in [0.1, 0.15) is 0 Å². The van der Waals surface area contributed by atoms with Crippen LogP contribution in [0.1, 0.15) is 77.8 Å². The van der Waals surface area contributed by atoms with Crippen LogP contribution in [0.3, 0.4) is 0 Å². The molecule has 3 aromatic carbocycles. The van der Waals surface area contributed by atoms with Gasteiger partial charge in [-0.3, -0.25) is 4.79 Å². The zero-order valence-electron chi connectivity index (χ0n) is 21.7. The van der Waals surface area contributed by atoms with Crippen molar-refractivity contribution in [1.29, 1.82) is 0 Å². The number of aryl methyl sites for hydroxylation is 3. The summed E-state index contributed by atoms with van der Waals surface area (Å²) >= 11 is 0. The minimum atomic E-state index is -0.00807. The Morgan fingerprint density at radius 1 is 0.941 bits per heavy atom. The van der Waals surface area contributed by atoms with Gasteiger partial charge in [0.05, 0.1) is 6.04 Å². The van der Waals surface area contributed by atoms with Crippen LogP contribution in [0, 0.1) is 19.8 Å². The van der Waals surface area contributed by atoms with E-state index >= 15 is 0 Å². The van der Waals surface area contributed by atoms with E-state index in [2.05, 4.69) is 113 Å². The Morgan fingerprint density at radius 3 is 2.24 bits per heavy atom. The second-order valence-corrected chi connectivity index (χ2v) is 10.0. The van der Waals surface area contributed by atoms with Gasteiger partial charge >= 0.3 is 0 Å². The monoisotopic (exact) mass is 456 g/mol. The van der Waals surface area contributed by atoms with Crippen LogP contribution in [0.25, 0.3) is 0 Å². The van der Waals surface area contributed by atoms with Gasteiger partial charge in [0.15, 0.2) is 0 Å². The molecule has 1 amide bonds. The first-order chi connectivity index (χ1) is 16.3. The molecular formula is C31H40N2O. The Bertz CT molecular complexity index is 1070. The number of nitrogens with zero attached hydrogens (tertiary/aromatic N) is 1. The van der Waals surface area contributed by atoms with E-state index in [0.29, 0.717) is 5.92 Å². The van der Waals surface area contributed by atoms with Crippen molar-refractivity contribution in [2.75, 3.05) is 11.9 Å². The molecule has 0 saturated carbocycles. The summed E-state index contributed by atoms with van der Waals surface area (Å²) < 4.78 is 0. The number of benzene rings is 3. The molecular weight excluding hydrogens is 416 g/mol. The van der Waals surface area contributed by atoms with Crippen molar-refractivity contribution >= 4 is 11.6 Å². The van der Waals surface area contributed by atoms with Crippen LogP contribution in [-0.4, -0.2) is 13.0 Å². The van der Waals surface area contributed by atoms with Gasteiger partial charge in [-0.15, -0.1) is 0 Å². The molecule has 1 unspecified atom stereocenters. The average molecular weight is 457 g/mol. The van der Waals surface area contributed by atoms with Crippen LogP contribution >= 0.6 is 0 Å². The van der Waals surface area contributed by atoms with E-state index in [1.807, 2.05) is 6.07 Å². The Morgan fingerprint density at radius 2 is 1.62 bits per heavy atom. The maximum absolute atomic E-state index is 13.7. The van der Waals surface area contributed by atoms with Crippen LogP contribution < -0.4 is 10.2 Å². The number of hydrogen-bond donors (Lipinski definition) is 1. The Hall–Kier alpha value is -3.07. The van der Waals surface area contributed by atoms with Crippen molar-refractivity contribution in [2.24, 2.45) is 5.92 Å². The normalized spacial score (nSPS) is 12.0. The number of anilines is 1. The predicted octanol–water partition coefficient (Wildman–Crippen LogP) is 7.41. The minimum Gasteiger partial charge on any atom is -0.370 e. The van der Waals surface area contributed by atoms with Gasteiger partial charge in [0, 0.05) is 24.8 Å². The number of nitrogens with one attached hydrogen (secondary N) is 1. The van der Waals surface area contributed by atoms with Gasteiger partial charge in [0.2, 0.25) is 0 Å². The number of hydrogen-bond acceptors (Lipinski definition) is 2. The van der Waals surface area contributed by atoms with E-state index in [9.17, 15) is 4.79 Å². The molecule has 3 heteroatoms. The van der Waals surface area contributed by atoms with Gasteiger partial charge < -0.3 is 10.2 Å². The van der Waals surface area contributed by atoms with Crippen molar-refractivity contribution in [2.45, 2.75) is 66.5 Å². The highest BCUT2D eigenvalue weighted by atomic mass is 16.1. The van der Waals surface area contributed by atoms with Gasteiger partial charge in [-0.05, 0) is 61.4 Å². The molecule has 180 valence electrons. The number of amides is 1. The lowest BCUT2D eigenvalue weighted by Crippen LogP contribution is -2.30. The first-order valence-corrected chi connectivity index (χ1v) is 12.5. The fourth-order valence-corrected chi connectivity index (χ4v) is 4.65. The average Bonchev–Trinajstić information content (AvgIpc) is 2.78. The van der Waals surface area contributed by atoms with Crippen molar-refractivity contribution in [3.8, 4) is 0 Å². The molecule has 1 N–H and O–H groups in total. The first-order valence-electron chi connectivity index (χ1n) is 12.5. The quantitative estimate of drug-likeness (QED) is 0.344. The zero-order valence-corrected chi connectivity index (χ0v) is 21.7. The lowest BCUT2D eigenvalue weighted by Gasteiger charge is -2.24. The summed E-state index contributed by atoms with van der Waals surface area (Å²) in [5, 5.41) is 3.39. The SMILES string of the molecule is CCCc1ccc(N(C)Cc2ccccc2)cc1C(=O)NC(CC(C)C)c1cc(C)cc(C)c1. The highest BCUT2D eigenvalue weighted by molar-refractivity contribution is 5.97. The first kappa shape index (κ1) is 25.6. The summed E-state index contributed by atoms with van der Waals surface area (Å²) in [7, 11) is 2.08. The molecule has 0 spiro atoms. The standard InChI is InChI=1S/C31H40N2O/c1-7-11-26-14-15-28(33(6)21-25-12-9-8-10-13-25)20-29(26)31(34)32-30(16-22(2)3)27-18-23(4)17-24(5)19-27/h8-10,12-15,17-20,22,30H,7,11,16,21H2,1-6H3,(H,32,34). The summed E-state index contributed by atoms with van der Waals surface area (Å²) in [5.74, 6) is 0.493. The number of carbonyl (C=O) groups is 1. The fraction of sp³-hybridized carbons (Fsp3) is 0.387. The lowest BCUT2D eigenvalue weighted by atomic mass is 9.93. The molecule has 3 aromatic rings. The molecule has 0 aliphatic rings. The molecule has 0 saturated heterocycles. The molecule has 0 radical (unpaired) electrons. The minimum absolute atomic E-state index is 0.00807. The predicted molar refractivity (Wildman–Crippen MR) is 145 cm³/mol. The number of rotatable bonds is 10. The topological polar surface area (TPSA) is 32.3 Å². The van der Waals surface area contributed by atoms with E-state index < -0.39 is 0 Å². The summed E-state index contributed by atoms with van der Waals surface area (Å²) in [5.41, 5.74) is 7.86. The van der Waals surface area contributed by atoms with Crippen molar-refractivity contribution in [1.82, 2.24) is 5.32 Å². The Labute approximate surface area is 206 Å². The van der Waals surface area contributed by atoms with Crippen molar-refractivity contribution in [3.63, 3.8) is 0 Å². The van der Waals surface area contributed by atoms with E-state index in [1.165, 1.54) is 22.3 Å². The molecule has 1 atom stereocenters. The molecule has 0 aliphatic carbocycles. The van der Waals surface area contributed by atoms with Crippen LogP contribution in [0.5, 0.6) is 0 Å². The molecule has 0 heterocycles. The molecule has 0 aliphatic heterocycles. The van der Waals surface area contributed by atoms with E-state index in [1.54, 1.807) is 0 Å². The molecule has 0 fully saturated rings. The molecule has 0 bridgehead atoms. The van der Waals surface area contributed by atoms with Crippen molar-refractivity contribution in [3.05, 3.63) is 100 Å². The third kappa shape index (κ3) is 6.96. The molecule has 3 nitrogen and oxygen atoms in total. The third-order valence-electron chi connectivity index (χ3n) is 6.22. The molecule has 34 heavy (non-hydrogen) atoms. The van der Waals surface area contributed by atoms with Crippen LogP contribution in [0.2, 0.25) is 0 Å². The van der Waals surface area contributed by atoms with Crippen LogP contribution in [0.15, 0.2) is 66.7 Å². The fourth-order valence-electron chi connectivity index (χ4n) is 4.65. The van der Waals surface area contributed by atoms with Gasteiger partial charge in [-0.2, -0.15) is 0 Å². The van der Waals surface area contributed by atoms with E-state index in [4.69, 9.17) is 0 Å². The highest BCUT2D eigenvalue weighted by Crippen LogP contribution is 2.26. The number of carbonyl (C=O) groups excluding carboxylic acids is 1. The second kappa shape index (κ2) is 11.9. The third-order valence-corrected chi connectivity index (χ3v) is 6.22. The van der Waals surface area contributed by atoms with Crippen LogP contribution in [-0.2, 0) is 13.0 Å². The molecule has 0 aromatic heterocycles. The van der Waals surface area contributed by atoms with E-state index in [0.717, 1.165) is 42.6 Å². The summed E-state index contributed by atoms with van der Waals surface area (Å²) in [6.45, 7) is 11.6. The largest absolute Gasteiger partial charge is 0.370 e. The Kier molecular flexibility index (Phi) is 8.92. The summed E-state index contributed by atoms with van der Waals surface area (Å²) in [6, 6.07) is 23.4. The smallest absolute Gasteiger partial charge is 0.252 e. The summed E-state index contributed by atoms with van der Waals surface area (Å²) in [6.07, 6.45) is 2.81.